The zero-order valence-electron chi connectivity index (χ0n) is 12.3. The first-order chi connectivity index (χ1) is 9.28. The molecule has 2 rings (SSSR count). The number of aromatic nitrogens is 1. The first-order valence-electron chi connectivity index (χ1n) is 6.63. The maximum absolute atomic E-state index is 11.9. The van der Waals surface area contributed by atoms with Gasteiger partial charge in [0.05, 0.1) is 5.35 Å². The SMILES string of the molecule is CC(=O)c1cn(CC(=O)OC(C)(C)C)c2c1=CCNC=2. The lowest BCUT2D eigenvalue weighted by Gasteiger charge is -2.19. The van der Waals surface area contributed by atoms with Gasteiger partial charge in [0.1, 0.15) is 12.1 Å². The molecule has 1 aromatic heterocycles. The highest BCUT2D eigenvalue weighted by Crippen LogP contribution is 2.07. The van der Waals surface area contributed by atoms with Gasteiger partial charge in [-0.15, -0.1) is 0 Å². The number of rotatable bonds is 3. The summed E-state index contributed by atoms with van der Waals surface area (Å²) in [7, 11) is 0. The molecule has 1 aromatic rings. The van der Waals surface area contributed by atoms with Crippen molar-refractivity contribution in [3.05, 3.63) is 22.3 Å². The van der Waals surface area contributed by atoms with Crippen LogP contribution < -0.4 is 15.9 Å². The van der Waals surface area contributed by atoms with E-state index in [0.29, 0.717) is 12.1 Å². The third-order valence-corrected chi connectivity index (χ3v) is 2.92. The maximum atomic E-state index is 11.9. The Morgan fingerprint density at radius 2 is 2.10 bits per heavy atom. The molecule has 20 heavy (non-hydrogen) atoms. The summed E-state index contributed by atoms with van der Waals surface area (Å²) in [4.78, 5) is 23.6. The van der Waals surface area contributed by atoms with E-state index in [4.69, 9.17) is 4.74 Å². The molecule has 0 aliphatic carbocycles. The third-order valence-electron chi connectivity index (χ3n) is 2.92. The average Bonchev–Trinajstić information content (AvgIpc) is 2.66. The molecule has 5 heteroatoms. The Balaban J connectivity index is 2.35. The lowest BCUT2D eigenvalue weighted by Crippen LogP contribution is -2.39. The van der Waals surface area contributed by atoms with Gasteiger partial charge in [0.25, 0.3) is 0 Å². The van der Waals surface area contributed by atoms with Crippen molar-refractivity contribution in [2.24, 2.45) is 0 Å². The van der Waals surface area contributed by atoms with E-state index in [9.17, 15) is 9.59 Å². The Morgan fingerprint density at radius 1 is 1.40 bits per heavy atom. The standard InChI is InChI=1S/C15H20N2O3/c1-10(18)12-8-17(9-14(19)20-15(2,3)4)13-7-16-6-5-11(12)13/h5,7-8,16H,6,9H2,1-4H3. The number of fused-ring (bicyclic) bond motifs is 1. The van der Waals surface area contributed by atoms with Crippen molar-refractivity contribution >= 4 is 24.0 Å². The van der Waals surface area contributed by atoms with Crippen molar-refractivity contribution in [2.75, 3.05) is 6.54 Å². The minimum atomic E-state index is -0.512. The predicted molar refractivity (Wildman–Crippen MR) is 76.5 cm³/mol. The van der Waals surface area contributed by atoms with Crippen LogP contribution in [0, 0.1) is 0 Å². The summed E-state index contributed by atoms with van der Waals surface area (Å²) < 4.78 is 7.07. The molecule has 0 radical (unpaired) electrons. The summed E-state index contributed by atoms with van der Waals surface area (Å²) in [5, 5.41) is 4.82. The molecule has 1 aliphatic heterocycles. The lowest BCUT2D eigenvalue weighted by atomic mass is 10.2. The van der Waals surface area contributed by atoms with Gasteiger partial charge in [-0.2, -0.15) is 0 Å². The number of ether oxygens (including phenoxy) is 1. The molecule has 108 valence electrons. The van der Waals surface area contributed by atoms with Crippen molar-refractivity contribution in [2.45, 2.75) is 39.8 Å². The van der Waals surface area contributed by atoms with Crippen LogP contribution in [0.1, 0.15) is 38.1 Å². The zero-order chi connectivity index (χ0) is 14.9. The van der Waals surface area contributed by atoms with E-state index in [0.717, 1.165) is 10.6 Å². The number of nitrogens with zero attached hydrogens (tertiary/aromatic N) is 1. The van der Waals surface area contributed by atoms with Crippen LogP contribution in [0.2, 0.25) is 0 Å². The zero-order valence-corrected chi connectivity index (χ0v) is 12.3. The monoisotopic (exact) mass is 276 g/mol. The van der Waals surface area contributed by atoms with E-state index in [1.165, 1.54) is 6.92 Å². The first-order valence-corrected chi connectivity index (χ1v) is 6.63. The number of carbonyl (C=O) groups is 2. The van der Waals surface area contributed by atoms with Crippen LogP contribution in [-0.2, 0) is 16.1 Å². The molecular formula is C15H20N2O3. The van der Waals surface area contributed by atoms with Crippen LogP contribution in [0.3, 0.4) is 0 Å². The molecule has 0 atom stereocenters. The van der Waals surface area contributed by atoms with Crippen molar-refractivity contribution in [3.8, 4) is 0 Å². The highest BCUT2D eigenvalue weighted by molar-refractivity contribution is 5.94. The number of ketones is 1. The third kappa shape index (κ3) is 3.10. The van der Waals surface area contributed by atoms with Crippen molar-refractivity contribution in [1.82, 2.24) is 9.88 Å². The van der Waals surface area contributed by atoms with Gasteiger partial charge in [0.2, 0.25) is 0 Å². The van der Waals surface area contributed by atoms with E-state index in [1.807, 2.05) is 33.0 Å². The first kappa shape index (κ1) is 14.4. The van der Waals surface area contributed by atoms with Crippen LogP contribution in [0.25, 0.3) is 12.3 Å². The highest BCUT2D eigenvalue weighted by atomic mass is 16.6. The molecule has 0 spiro atoms. The predicted octanol–water partition coefficient (Wildman–Crippen LogP) is 0.154. The summed E-state index contributed by atoms with van der Waals surface area (Å²) in [5.74, 6) is -0.319. The molecule has 0 bridgehead atoms. The fourth-order valence-corrected chi connectivity index (χ4v) is 2.20. The Morgan fingerprint density at radius 3 is 2.70 bits per heavy atom. The van der Waals surface area contributed by atoms with Crippen LogP contribution in [-0.4, -0.2) is 28.5 Å². The van der Waals surface area contributed by atoms with Gasteiger partial charge in [-0.1, -0.05) is 6.08 Å². The van der Waals surface area contributed by atoms with Crippen LogP contribution in [0.5, 0.6) is 0 Å². The minimum absolute atomic E-state index is 0.00395. The molecule has 0 aromatic carbocycles. The van der Waals surface area contributed by atoms with E-state index < -0.39 is 5.60 Å². The van der Waals surface area contributed by atoms with Gasteiger partial charge in [0, 0.05) is 29.7 Å². The second-order valence-corrected chi connectivity index (χ2v) is 5.87. The molecule has 1 aliphatic rings. The number of nitrogens with one attached hydrogen (secondary N) is 1. The second-order valence-electron chi connectivity index (χ2n) is 5.87. The molecule has 0 saturated heterocycles. The number of hydrogen-bond donors (Lipinski definition) is 1. The fourth-order valence-electron chi connectivity index (χ4n) is 2.20. The van der Waals surface area contributed by atoms with E-state index >= 15 is 0 Å². The van der Waals surface area contributed by atoms with Crippen molar-refractivity contribution in [1.29, 1.82) is 0 Å². The molecule has 5 nitrogen and oxygen atoms in total. The molecule has 0 saturated carbocycles. The Kier molecular flexibility index (Phi) is 3.70. The minimum Gasteiger partial charge on any atom is -0.459 e. The van der Waals surface area contributed by atoms with E-state index in [-0.39, 0.29) is 18.3 Å². The normalized spacial score (nSPS) is 13.6. The largest absolute Gasteiger partial charge is 0.459 e. The maximum Gasteiger partial charge on any atom is 0.326 e. The summed E-state index contributed by atoms with van der Waals surface area (Å²) in [6.07, 6.45) is 5.50. The van der Waals surface area contributed by atoms with Crippen molar-refractivity contribution < 1.29 is 14.3 Å². The van der Waals surface area contributed by atoms with Gasteiger partial charge < -0.3 is 14.6 Å². The Hall–Kier alpha value is -2.04. The van der Waals surface area contributed by atoms with E-state index in [1.54, 1.807) is 10.8 Å². The Labute approximate surface area is 117 Å². The van der Waals surface area contributed by atoms with Crippen LogP contribution in [0.15, 0.2) is 6.20 Å². The number of hydrogen-bond acceptors (Lipinski definition) is 4. The van der Waals surface area contributed by atoms with Gasteiger partial charge in [-0.3, -0.25) is 9.59 Å². The quantitative estimate of drug-likeness (QED) is 0.631. The molecule has 0 fully saturated rings. The van der Waals surface area contributed by atoms with Gasteiger partial charge >= 0.3 is 5.97 Å². The topological polar surface area (TPSA) is 60.3 Å². The molecule has 2 heterocycles. The van der Waals surface area contributed by atoms with Crippen LogP contribution in [0.4, 0.5) is 0 Å². The van der Waals surface area contributed by atoms with Gasteiger partial charge in [-0.05, 0) is 27.7 Å². The fraction of sp³-hybridized carbons (Fsp3) is 0.467. The molecule has 0 amide bonds. The number of esters is 1. The summed E-state index contributed by atoms with van der Waals surface area (Å²) in [6.45, 7) is 7.81. The second kappa shape index (κ2) is 5.15. The van der Waals surface area contributed by atoms with E-state index in [2.05, 4.69) is 5.32 Å². The summed E-state index contributed by atoms with van der Waals surface area (Å²) in [6, 6.07) is 0. The summed E-state index contributed by atoms with van der Waals surface area (Å²) in [5.41, 5.74) is 0.128. The summed E-state index contributed by atoms with van der Waals surface area (Å²) >= 11 is 0. The van der Waals surface area contributed by atoms with Crippen molar-refractivity contribution in [3.63, 3.8) is 0 Å². The number of carbonyl (C=O) groups excluding carboxylic acids is 2. The van der Waals surface area contributed by atoms with Gasteiger partial charge in [0.15, 0.2) is 5.78 Å². The Bertz CT molecular complexity index is 663. The molecular weight excluding hydrogens is 256 g/mol. The highest BCUT2D eigenvalue weighted by Gasteiger charge is 2.18. The van der Waals surface area contributed by atoms with Crippen LogP contribution >= 0.6 is 0 Å². The lowest BCUT2D eigenvalue weighted by molar-refractivity contribution is -0.155. The molecule has 0 unspecified atom stereocenters. The average molecular weight is 276 g/mol. The smallest absolute Gasteiger partial charge is 0.326 e. The number of Topliss-reactive ketones (excluding diaryl/α,β-unsaturated/α-hetero) is 1. The molecule has 1 N–H and O–H groups in total. The van der Waals surface area contributed by atoms with Gasteiger partial charge in [-0.25, -0.2) is 0 Å².